The van der Waals surface area contributed by atoms with Gasteiger partial charge in [0.1, 0.15) is 6.10 Å². The van der Waals surface area contributed by atoms with Crippen LogP contribution in [-0.2, 0) is 4.79 Å². The summed E-state index contributed by atoms with van der Waals surface area (Å²) in [6.07, 6.45) is 4.37. The van der Waals surface area contributed by atoms with E-state index in [4.69, 9.17) is 9.47 Å². The molecule has 0 bridgehead atoms. The highest BCUT2D eigenvalue weighted by molar-refractivity contribution is 7.99. The van der Waals surface area contributed by atoms with Crippen molar-refractivity contribution in [1.82, 2.24) is 14.9 Å². The summed E-state index contributed by atoms with van der Waals surface area (Å²) in [5.41, 5.74) is 0. The van der Waals surface area contributed by atoms with Crippen LogP contribution in [0.1, 0.15) is 12.8 Å². The van der Waals surface area contributed by atoms with E-state index in [1.54, 1.807) is 24.2 Å². The second kappa shape index (κ2) is 8.71. The van der Waals surface area contributed by atoms with E-state index in [9.17, 15) is 4.79 Å². The largest absolute Gasteiger partial charge is 0.477 e. The minimum Gasteiger partial charge on any atom is -0.477 e. The van der Waals surface area contributed by atoms with Crippen molar-refractivity contribution < 1.29 is 14.3 Å². The monoisotopic (exact) mass is 359 g/mol. The molecule has 1 aromatic heterocycles. The minimum absolute atomic E-state index is 0.0728. The number of thioether (sulfide) groups is 1. The van der Waals surface area contributed by atoms with Gasteiger partial charge in [0.2, 0.25) is 5.91 Å². The van der Waals surface area contributed by atoms with E-state index in [1.807, 2.05) is 23.1 Å². The lowest BCUT2D eigenvalue weighted by Crippen LogP contribution is -2.31. The molecular weight excluding hydrogens is 338 g/mol. The normalized spacial score (nSPS) is 16.7. The topological polar surface area (TPSA) is 64.6 Å². The molecule has 1 unspecified atom stereocenters. The summed E-state index contributed by atoms with van der Waals surface area (Å²) in [6.45, 7) is 1.29. The molecule has 1 aromatic carbocycles. The Bertz CT molecular complexity index is 699. The van der Waals surface area contributed by atoms with Gasteiger partial charge in [0.05, 0.1) is 13.7 Å². The van der Waals surface area contributed by atoms with Crippen LogP contribution in [0.15, 0.2) is 47.6 Å². The van der Waals surface area contributed by atoms with Crippen molar-refractivity contribution in [2.75, 3.05) is 26.0 Å². The Hall–Kier alpha value is -2.28. The van der Waals surface area contributed by atoms with Crippen molar-refractivity contribution in [3.05, 3.63) is 42.7 Å². The number of likely N-dealkylation sites (tertiary alicyclic amines) is 1. The SMILES string of the molecule is COc1nccnc1OC1CCN(C(=O)CCSc2ccccc2)C1. The van der Waals surface area contributed by atoms with Crippen LogP contribution in [0, 0.1) is 0 Å². The molecule has 1 atom stereocenters. The van der Waals surface area contributed by atoms with Gasteiger partial charge in [-0.05, 0) is 12.1 Å². The van der Waals surface area contributed by atoms with Crippen LogP contribution in [0.2, 0.25) is 0 Å². The summed E-state index contributed by atoms with van der Waals surface area (Å²) >= 11 is 1.70. The third kappa shape index (κ3) is 4.85. The highest BCUT2D eigenvalue weighted by Gasteiger charge is 2.28. The lowest BCUT2D eigenvalue weighted by molar-refractivity contribution is -0.129. The number of carbonyl (C=O) groups is 1. The van der Waals surface area contributed by atoms with Crippen LogP contribution in [0.25, 0.3) is 0 Å². The van der Waals surface area contributed by atoms with Crippen LogP contribution in [0.5, 0.6) is 11.8 Å². The van der Waals surface area contributed by atoms with Gasteiger partial charge in [-0.3, -0.25) is 4.79 Å². The van der Waals surface area contributed by atoms with Gasteiger partial charge in [0.15, 0.2) is 0 Å². The first-order valence-electron chi connectivity index (χ1n) is 8.23. The Labute approximate surface area is 151 Å². The lowest BCUT2D eigenvalue weighted by Gasteiger charge is -2.17. The minimum atomic E-state index is -0.0728. The molecule has 3 rings (SSSR count). The Morgan fingerprint density at radius 3 is 2.76 bits per heavy atom. The van der Waals surface area contributed by atoms with E-state index in [0.29, 0.717) is 31.3 Å². The summed E-state index contributed by atoms with van der Waals surface area (Å²) in [5, 5.41) is 0. The Balaban J connectivity index is 1.45. The predicted molar refractivity (Wildman–Crippen MR) is 96.0 cm³/mol. The number of hydrogen-bond acceptors (Lipinski definition) is 6. The summed E-state index contributed by atoms with van der Waals surface area (Å²) in [5.74, 6) is 1.69. The van der Waals surface area contributed by atoms with Crippen molar-refractivity contribution in [2.45, 2.75) is 23.8 Å². The number of methoxy groups -OCH3 is 1. The summed E-state index contributed by atoms with van der Waals surface area (Å²) < 4.78 is 11.0. The molecular formula is C18H21N3O3S. The molecule has 7 heteroatoms. The van der Waals surface area contributed by atoms with Gasteiger partial charge < -0.3 is 14.4 Å². The van der Waals surface area contributed by atoms with E-state index >= 15 is 0 Å². The number of amides is 1. The van der Waals surface area contributed by atoms with Crippen molar-refractivity contribution in [3.8, 4) is 11.8 Å². The van der Waals surface area contributed by atoms with Crippen LogP contribution in [-0.4, -0.2) is 52.8 Å². The molecule has 0 N–H and O–H groups in total. The van der Waals surface area contributed by atoms with Crippen molar-refractivity contribution >= 4 is 17.7 Å². The average molecular weight is 359 g/mol. The average Bonchev–Trinajstić information content (AvgIpc) is 3.12. The van der Waals surface area contributed by atoms with Crippen LogP contribution >= 0.6 is 11.8 Å². The quantitative estimate of drug-likeness (QED) is 0.708. The van der Waals surface area contributed by atoms with Crippen LogP contribution in [0.4, 0.5) is 0 Å². The second-order valence-electron chi connectivity index (χ2n) is 5.65. The van der Waals surface area contributed by atoms with E-state index in [0.717, 1.165) is 12.2 Å². The first-order valence-corrected chi connectivity index (χ1v) is 9.22. The number of rotatable bonds is 7. The van der Waals surface area contributed by atoms with Gasteiger partial charge in [-0.15, -0.1) is 11.8 Å². The number of aromatic nitrogens is 2. The fourth-order valence-corrected chi connectivity index (χ4v) is 3.54. The molecule has 2 aromatic rings. The molecule has 0 aliphatic carbocycles. The predicted octanol–water partition coefficient (Wildman–Crippen LogP) is 2.65. The smallest absolute Gasteiger partial charge is 0.278 e. The maximum absolute atomic E-state index is 12.4. The maximum Gasteiger partial charge on any atom is 0.278 e. The molecule has 1 aliphatic rings. The molecule has 1 aliphatic heterocycles. The zero-order valence-corrected chi connectivity index (χ0v) is 14.9. The lowest BCUT2D eigenvalue weighted by atomic mass is 10.3. The van der Waals surface area contributed by atoms with Crippen LogP contribution < -0.4 is 9.47 Å². The number of hydrogen-bond donors (Lipinski definition) is 0. The van der Waals surface area contributed by atoms with E-state index < -0.39 is 0 Å². The fourth-order valence-electron chi connectivity index (χ4n) is 2.67. The Morgan fingerprint density at radius 1 is 1.24 bits per heavy atom. The molecule has 2 heterocycles. The summed E-state index contributed by atoms with van der Waals surface area (Å²) in [4.78, 5) is 23.6. The van der Waals surface area contributed by atoms with Gasteiger partial charge in [-0.2, -0.15) is 0 Å². The second-order valence-corrected chi connectivity index (χ2v) is 6.82. The highest BCUT2D eigenvalue weighted by atomic mass is 32.2. The fraction of sp³-hybridized carbons (Fsp3) is 0.389. The first kappa shape index (κ1) is 17.5. The van der Waals surface area contributed by atoms with Crippen LogP contribution in [0.3, 0.4) is 0 Å². The van der Waals surface area contributed by atoms with Crippen molar-refractivity contribution in [1.29, 1.82) is 0 Å². The van der Waals surface area contributed by atoms with Crippen molar-refractivity contribution in [2.24, 2.45) is 0 Å². The first-order chi connectivity index (χ1) is 12.3. The van der Waals surface area contributed by atoms with E-state index in [2.05, 4.69) is 22.1 Å². The standard InChI is InChI=1S/C18H21N3O3S/c1-23-17-18(20-10-9-19-17)24-14-7-11-21(13-14)16(22)8-12-25-15-5-3-2-4-6-15/h2-6,9-10,14H,7-8,11-13H2,1H3. The highest BCUT2D eigenvalue weighted by Crippen LogP contribution is 2.24. The maximum atomic E-state index is 12.4. The van der Waals surface area contributed by atoms with E-state index in [1.165, 1.54) is 12.0 Å². The molecule has 0 radical (unpaired) electrons. The third-order valence-corrected chi connectivity index (χ3v) is 4.94. The summed E-state index contributed by atoms with van der Waals surface area (Å²) in [6, 6.07) is 10.1. The molecule has 132 valence electrons. The molecule has 1 saturated heterocycles. The number of benzene rings is 1. The third-order valence-electron chi connectivity index (χ3n) is 3.93. The zero-order valence-electron chi connectivity index (χ0n) is 14.1. The van der Waals surface area contributed by atoms with Gasteiger partial charge in [0.25, 0.3) is 11.8 Å². The van der Waals surface area contributed by atoms with Gasteiger partial charge in [-0.1, -0.05) is 18.2 Å². The van der Waals surface area contributed by atoms with E-state index in [-0.39, 0.29) is 12.0 Å². The van der Waals surface area contributed by atoms with Crippen molar-refractivity contribution in [3.63, 3.8) is 0 Å². The molecule has 25 heavy (non-hydrogen) atoms. The van der Waals surface area contributed by atoms with Gasteiger partial charge in [0, 0.05) is 42.4 Å². The Kier molecular flexibility index (Phi) is 6.11. The summed E-state index contributed by atoms with van der Waals surface area (Å²) in [7, 11) is 1.53. The molecule has 1 fully saturated rings. The molecule has 0 spiro atoms. The van der Waals surface area contributed by atoms with Gasteiger partial charge in [-0.25, -0.2) is 9.97 Å². The Morgan fingerprint density at radius 2 is 2.00 bits per heavy atom. The zero-order chi connectivity index (χ0) is 17.5. The molecule has 0 saturated carbocycles. The number of carbonyl (C=O) groups excluding carboxylic acids is 1. The molecule has 6 nitrogen and oxygen atoms in total. The molecule has 1 amide bonds. The number of ether oxygens (including phenoxy) is 2. The number of nitrogens with zero attached hydrogens (tertiary/aromatic N) is 3. The van der Waals surface area contributed by atoms with Gasteiger partial charge >= 0.3 is 0 Å².